The average molecular weight is 193 g/mol. The van der Waals surface area contributed by atoms with Crippen LogP contribution in [-0.2, 0) is 16.1 Å². The van der Waals surface area contributed by atoms with Gasteiger partial charge in [0.1, 0.15) is 6.61 Å². The predicted molar refractivity (Wildman–Crippen MR) is 50.4 cm³/mol. The van der Waals surface area contributed by atoms with Gasteiger partial charge < -0.3 is 10.5 Å². The minimum Gasteiger partial charge on any atom is -0.461 e. The monoisotopic (exact) mass is 193 g/mol. The van der Waals surface area contributed by atoms with Crippen molar-refractivity contribution in [1.82, 2.24) is 0 Å². The maximum atomic E-state index is 10.7. The van der Waals surface area contributed by atoms with Crippen molar-refractivity contribution in [3.63, 3.8) is 0 Å². The molecule has 0 saturated carbocycles. The fourth-order valence-electron chi connectivity index (χ4n) is 0.950. The third-order valence-electron chi connectivity index (χ3n) is 1.68. The third kappa shape index (κ3) is 2.90. The Balaban J connectivity index is 2.64. The summed E-state index contributed by atoms with van der Waals surface area (Å²) in [6, 6.07) is 6.59. The highest BCUT2D eigenvalue weighted by Gasteiger charge is 2.00. The zero-order valence-electron chi connectivity index (χ0n) is 7.82. The lowest BCUT2D eigenvalue weighted by Gasteiger charge is -2.02. The summed E-state index contributed by atoms with van der Waals surface area (Å²) in [6.07, 6.45) is 0. The normalized spacial score (nSPS) is 9.50. The van der Waals surface area contributed by atoms with Crippen LogP contribution in [0.3, 0.4) is 0 Å². The third-order valence-corrected chi connectivity index (χ3v) is 1.68. The topological polar surface area (TPSA) is 69.4 Å². The van der Waals surface area contributed by atoms with E-state index >= 15 is 0 Å². The standard InChI is InChI=1S/C10H11NO3/c1-7(12)14-6-8-2-4-9(5-3-8)10(11)13/h2-5H,6H2,1H3,(H2,11,13). The molecular weight excluding hydrogens is 182 g/mol. The van der Waals surface area contributed by atoms with Crippen LogP contribution in [0.5, 0.6) is 0 Å². The summed E-state index contributed by atoms with van der Waals surface area (Å²) in [6.45, 7) is 1.56. The number of hydrogen-bond acceptors (Lipinski definition) is 3. The smallest absolute Gasteiger partial charge is 0.302 e. The number of esters is 1. The lowest BCUT2D eigenvalue weighted by molar-refractivity contribution is -0.142. The SMILES string of the molecule is CC(=O)OCc1ccc(C(N)=O)cc1. The lowest BCUT2D eigenvalue weighted by Crippen LogP contribution is -2.10. The Hall–Kier alpha value is -1.84. The summed E-state index contributed by atoms with van der Waals surface area (Å²) in [5.41, 5.74) is 6.33. The molecule has 0 aliphatic carbocycles. The molecule has 0 spiro atoms. The number of rotatable bonds is 3. The first-order valence-electron chi connectivity index (χ1n) is 4.11. The number of primary amides is 1. The highest BCUT2D eigenvalue weighted by molar-refractivity contribution is 5.92. The minimum absolute atomic E-state index is 0.217. The Morgan fingerprint density at radius 2 is 1.86 bits per heavy atom. The molecule has 0 saturated heterocycles. The van der Waals surface area contributed by atoms with E-state index in [0.717, 1.165) is 5.56 Å². The summed E-state index contributed by atoms with van der Waals surface area (Å²) < 4.78 is 4.77. The van der Waals surface area contributed by atoms with Crippen molar-refractivity contribution in [3.05, 3.63) is 35.4 Å². The summed E-state index contributed by atoms with van der Waals surface area (Å²) in [5, 5.41) is 0. The maximum absolute atomic E-state index is 10.7. The summed E-state index contributed by atoms with van der Waals surface area (Å²) in [7, 11) is 0. The van der Waals surface area contributed by atoms with Gasteiger partial charge >= 0.3 is 5.97 Å². The lowest BCUT2D eigenvalue weighted by atomic mass is 10.1. The van der Waals surface area contributed by atoms with E-state index in [0.29, 0.717) is 5.56 Å². The average Bonchev–Trinajstić information content (AvgIpc) is 2.15. The molecule has 14 heavy (non-hydrogen) atoms. The van der Waals surface area contributed by atoms with E-state index in [1.807, 2.05) is 0 Å². The van der Waals surface area contributed by atoms with Crippen molar-refractivity contribution < 1.29 is 14.3 Å². The summed E-state index contributed by atoms with van der Waals surface area (Å²) in [4.78, 5) is 21.2. The Labute approximate surface area is 81.7 Å². The van der Waals surface area contributed by atoms with Crippen molar-refractivity contribution in [2.24, 2.45) is 5.73 Å². The summed E-state index contributed by atoms with van der Waals surface area (Å²) in [5.74, 6) is -0.798. The fraction of sp³-hybridized carbons (Fsp3) is 0.200. The van der Waals surface area contributed by atoms with Crippen LogP contribution in [0.2, 0.25) is 0 Å². The molecule has 2 N–H and O–H groups in total. The van der Waals surface area contributed by atoms with E-state index in [-0.39, 0.29) is 12.6 Å². The second kappa shape index (κ2) is 4.41. The van der Waals surface area contributed by atoms with Gasteiger partial charge in [-0.05, 0) is 17.7 Å². The summed E-state index contributed by atoms with van der Waals surface area (Å²) >= 11 is 0. The van der Waals surface area contributed by atoms with Crippen molar-refractivity contribution in [2.75, 3.05) is 0 Å². The molecule has 0 unspecified atom stereocenters. The van der Waals surface area contributed by atoms with Crippen molar-refractivity contribution in [1.29, 1.82) is 0 Å². The van der Waals surface area contributed by atoms with Gasteiger partial charge in [0.2, 0.25) is 5.91 Å². The fourth-order valence-corrected chi connectivity index (χ4v) is 0.950. The molecule has 1 rings (SSSR count). The highest BCUT2D eigenvalue weighted by atomic mass is 16.5. The maximum Gasteiger partial charge on any atom is 0.302 e. The van der Waals surface area contributed by atoms with Crippen LogP contribution in [0.1, 0.15) is 22.8 Å². The van der Waals surface area contributed by atoms with E-state index in [1.165, 1.54) is 6.92 Å². The Morgan fingerprint density at radius 1 is 1.29 bits per heavy atom. The van der Waals surface area contributed by atoms with Gasteiger partial charge in [0, 0.05) is 12.5 Å². The molecule has 1 aromatic carbocycles. The van der Waals surface area contributed by atoms with Gasteiger partial charge in [0.25, 0.3) is 0 Å². The van der Waals surface area contributed by atoms with Gasteiger partial charge in [-0.1, -0.05) is 12.1 Å². The first-order valence-corrected chi connectivity index (χ1v) is 4.11. The second-order valence-corrected chi connectivity index (χ2v) is 2.84. The number of carbonyl (C=O) groups is 2. The van der Waals surface area contributed by atoms with Crippen molar-refractivity contribution >= 4 is 11.9 Å². The van der Waals surface area contributed by atoms with E-state index in [4.69, 9.17) is 10.5 Å². The Kier molecular flexibility index (Phi) is 3.23. The molecule has 1 aromatic rings. The van der Waals surface area contributed by atoms with Crippen LogP contribution < -0.4 is 5.73 Å². The van der Waals surface area contributed by atoms with Crippen LogP contribution in [0.4, 0.5) is 0 Å². The first kappa shape index (κ1) is 10.2. The molecule has 0 aliphatic heterocycles. The number of ether oxygens (including phenoxy) is 1. The zero-order chi connectivity index (χ0) is 10.6. The number of amides is 1. The van der Waals surface area contributed by atoms with Gasteiger partial charge in [-0.3, -0.25) is 9.59 Å². The number of hydrogen-bond donors (Lipinski definition) is 1. The van der Waals surface area contributed by atoms with Crippen LogP contribution >= 0.6 is 0 Å². The molecular formula is C10H11NO3. The number of nitrogens with two attached hydrogens (primary N) is 1. The Morgan fingerprint density at radius 3 is 2.29 bits per heavy atom. The van der Waals surface area contributed by atoms with Gasteiger partial charge in [-0.15, -0.1) is 0 Å². The van der Waals surface area contributed by atoms with Gasteiger partial charge in [0.05, 0.1) is 0 Å². The molecule has 0 radical (unpaired) electrons. The molecule has 4 nitrogen and oxygen atoms in total. The van der Waals surface area contributed by atoms with E-state index < -0.39 is 5.91 Å². The molecule has 4 heteroatoms. The zero-order valence-corrected chi connectivity index (χ0v) is 7.82. The van der Waals surface area contributed by atoms with Crippen LogP contribution in [-0.4, -0.2) is 11.9 Å². The minimum atomic E-state index is -0.468. The number of carbonyl (C=O) groups excluding carboxylic acids is 2. The van der Waals surface area contributed by atoms with Gasteiger partial charge in [-0.25, -0.2) is 0 Å². The molecule has 0 bridgehead atoms. The van der Waals surface area contributed by atoms with Crippen LogP contribution in [0, 0.1) is 0 Å². The van der Waals surface area contributed by atoms with Crippen LogP contribution in [0.15, 0.2) is 24.3 Å². The van der Waals surface area contributed by atoms with E-state index in [1.54, 1.807) is 24.3 Å². The molecule has 0 aliphatic rings. The van der Waals surface area contributed by atoms with Crippen molar-refractivity contribution in [2.45, 2.75) is 13.5 Å². The largest absolute Gasteiger partial charge is 0.461 e. The van der Waals surface area contributed by atoms with Crippen LogP contribution in [0.25, 0.3) is 0 Å². The molecule has 0 atom stereocenters. The predicted octanol–water partition coefficient (Wildman–Crippen LogP) is 0.849. The van der Waals surface area contributed by atoms with Gasteiger partial charge in [-0.2, -0.15) is 0 Å². The molecule has 1 amide bonds. The van der Waals surface area contributed by atoms with Gasteiger partial charge in [0.15, 0.2) is 0 Å². The highest BCUT2D eigenvalue weighted by Crippen LogP contribution is 2.05. The first-order chi connectivity index (χ1) is 6.59. The molecule has 0 aromatic heterocycles. The molecule has 0 fully saturated rings. The quantitative estimate of drug-likeness (QED) is 0.723. The van der Waals surface area contributed by atoms with E-state index in [2.05, 4.69) is 0 Å². The molecule has 74 valence electrons. The Bertz CT molecular complexity index is 343. The van der Waals surface area contributed by atoms with E-state index in [9.17, 15) is 9.59 Å². The number of benzene rings is 1. The molecule has 0 heterocycles. The second-order valence-electron chi connectivity index (χ2n) is 2.84. The van der Waals surface area contributed by atoms with Crippen molar-refractivity contribution in [3.8, 4) is 0 Å².